The quantitative estimate of drug-likeness (QED) is 0.106. The van der Waals surface area contributed by atoms with E-state index in [0.29, 0.717) is 33.0 Å². The van der Waals surface area contributed by atoms with E-state index in [2.05, 4.69) is 72.8 Å². The summed E-state index contributed by atoms with van der Waals surface area (Å²) < 4.78 is 40.7. The molecule has 6 heteroatoms. The molecule has 7 rings (SSSR count). The Labute approximate surface area is 289 Å². The second-order valence-electron chi connectivity index (χ2n) is 12.8. The van der Waals surface area contributed by atoms with Crippen molar-refractivity contribution in [1.82, 2.24) is 0 Å². The zero-order valence-electron chi connectivity index (χ0n) is 27.7. The van der Waals surface area contributed by atoms with Crippen LogP contribution >= 0.6 is 0 Å². The second kappa shape index (κ2) is 16.5. The lowest BCUT2D eigenvalue weighted by Crippen LogP contribution is -2.62. The zero-order chi connectivity index (χ0) is 33.1. The molecule has 0 N–H and O–H groups in total. The van der Waals surface area contributed by atoms with Gasteiger partial charge < -0.3 is 28.4 Å². The normalized spacial score (nSPS) is 22.8. The van der Waals surface area contributed by atoms with Gasteiger partial charge in [-0.05, 0) is 40.7 Å². The minimum atomic E-state index is -0.728. The Balaban J connectivity index is 1.21. The highest BCUT2D eigenvalue weighted by Gasteiger charge is 2.55. The van der Waals surface area contributed by atoms with Gasteiger partial charge in [0.05, 0.1) is 38.6 Å². The Bertz CT molecular complexity index is 1660. The summed E-state index contributed by atoms with van der Waals surface area (Å²) in [4.78, 5) is 0. The van der Waals surface area contributed by atoms with Gasteiger partial charge in [-0.15, -0.1) is 0 Å². The Hall–Kier alpha value is -4.14. The van der Waals surface area contributed by atoms with Crippen LogP contribution in [0.4, 0.5) is 0 Å². The average molecular weight is 657 g/mol. The van der Waals surface area contributed by atoms with Crippen LogP contribution in [0.25, 0.3) is 0 Å². The van der Waals surface area contributed by atoms with Crippen molar-refractivity contribution in [2.75, 3.05) is 6.61 Å². The molecule has 0 unspecified atom stereocenters. The van der Waals surface area contributed by atoms with Gasteiger partial charge in [0, 0.05) is 0 Å². The summed E-state index contributed by atoms with van der Waals surface area (Å²) in [5, 5.41) is 0. The van der Waals surface area contributed by atoms with Crippen LogP contribution in [0.2, 0.25) is 0 Å². The molecule has 5 aromatic carbocycles. The van der Waals surface area contributed by atoms with Crippen LogP contribution in [0.3, 0.4) is 0 Å². The van der Waals surface area contributed by atoms with E-state index in [-0.39, 0.29) is 0 Å². The first-order valence-electron chi connectivity index (χ1n) is 17.2. The smallest absolute Gasteiger partial charge is 0.188 e. The summed E-state index contributed by atoms with van der Waals surface area (Å²) in [6.45, 7) is 1.90. The highest BCUT2D eigenvalue weighted by atomic mass is 16.7. The third-order valence-corrected chi connectivity index (χ3v) is 9.19. The minimum absolute atomic E-state index is 0.295. The molecule has 1 heterocycles. The highest BCUT2D eigenvalue weighted by Crippen LogP contribution is 2.51. The van der Waals surface area contributed by atoms with Gasteiger partial charge in [-0.2, -0.15) is 0 Å². The summed E-state index contributed by atoms with van der Waals surface area (Å²) in [6, 6.07) is 51.2. The molecule has 0 amide bonds. The standard InChI is InChI=1S/C43H44O6/c1-6-16-33(17-7-1)28-44-32-38-39(45-29-34-18-8-2-9-19-34)40(46-30-35-20-10-3-11-21-35)41(47-31-36-22-12-4-13-23-36)42(48-38)49-43(26-27-43)37-24-14-5-15-25-37/h1-25,38-42H,26-32H2/t38-,39-,40+,41-,42+/m1/s1. The number of hydrogen-bond acceptors (Lipinski definition) is 6. The first-order chi connectivity index (χ1) is 24.3. The number of benzene rings is 5. The summed E-state index contributed by atoms with van der Waals surface area (Å²) in [7, 11) is 0. The molecule has 6 nitrogen and oxygen atoms in total. The Morgan fingerprint density at radius 3 is 1.35 bits per heavy atom. The van der Waals surface area contributed by atoms with Gasteiger partial charge in [-0.3, -0.25) is 0 Å². The Morgan fingerprint density at radius 2 is 0.878 bits per heavy atom. The van der Waals surface area contributed by atoms with Crippen molar-refractivity contribution in [3.05, 3.63) is 179 Å². The molecule has 1 aliphatic carbocycles. The van der Waals surface area contributed by atoms with E-state index in [1.807, 2.05) is 78.9 Å². The molecule has 1 saturated heterocycles. The van der Waals surface area contributed by atoms with Crippen molar-refractivity contribution in [3.8, 4) is 0 Å². The van der Waals surface area contributed by atoms with Gasteiger partial charge in [0.15, 0.2) is 6.29 Å². The van der Waals surface area contributed by atoms with E-state index >= 15 is 0 Å². The zero-order valence-corrected chi connectivity index (χ0v) is 27.7. The van der Waals surface area contributed by atoms with Crippen LogP contribution < -0.4 is 0 Å². The van der Waals surface area contributed by atoms with Crippen LogP contribution in [0.5, 0.6) is 0 Å². The van der Waals surface area contributed by atoms with E-state index in [9.17, 15) is 0 Å². The third kappa shape index (κ3) is 8.91. The molecular weight excluding hydrogens is 612 g/mol. The molecular formula is C43H44O6. The lowest BCUT2D eigenvalue weighted by molar-refractivity contribution is -0.341. The first-order valence-corrected chi connectivity index (χ1v) is 17.2. The lowest BCUT2D eigenvalue weighted by atomic mass is 9.97. The Morgan fingerprint density at radius 1 is 0.469 bits per heavy atom. The summed E-state index contributed by atoms with van der Waals surface area (Å²) in [5.74, 6) is 0. The molecule has 0 radical (unpaired) electrons. The topological polar surface area (TPSA) is 55.4 Å². The van der Waals surface area contributed by atoms with Crippen LogP contribution in [0.15, 0.2) is 152 Å². The SMILES string of the molecule is c1ccc(COC[C@H]2O[C@@H](OC3(c4ccccc4)CC3)[C@H](OCc3ccccc3)[C@@H](OCc3ccccc3)[C@@H]2OCc2ccccc2)cc1. The molecule has 49 heavy (non-hydrogen) atoms. The van der Waals surface area contributed by atoms with Gasteiger partial charge in [0.1, 0.15) is 24.4 Å². The molecule has 5 atom stereocenters. The van der Waals surface area contributed by atoms with Crippen LogP contribution in [-0.4, -0.2) is 37.3 Å². The molecule has 5 aromatic rings. The fraction of sp³-hybridized carbons (Fsp3) is 0.302. The van der Waals surface area contributed by atoms with Crippen molar-refractivity contribution in [2.24, 2.45) is 0 Å². The van der Waals surface area contributed by atoms with Crippen molar-refractivity contribution < 1.29 is 28.4 Å². The molecule has 2 aliphatic rings. The maximum absolute atomic E-state index is 7.03. The number of rotatable bonds is 16. The number of hydrogen-bond donors (Lipinski definition) is 0. The monoisotopic (exact) mass is 656 g/mol. The predicted molar refractivity (Wildman–Crippen MR) is 188 cm³/mol. The van der Waals surface area contributed by atoms with E-state index in [0.717, 1.165) is 40.7 Å². The largest absolute Gasteiger partial charge is 0.374 e. The molecule has 0 aromatic heterocycles. The van der Waals surface area contributed by atoms with E-state index in [1.165, 1.54) is 0 Å². The Kier molecular flexibility index (Phi) is 11.2. The van der Waals surface area contributed by atoms with E-state index < -0.39 is 36.3 Å². The van der Waals surface area contributed by atoms with Gasteiger partial charge >= 0.3 is 0 Å². The maximum atomic E-state index is 7.03. The fourth-order valence-electron chi connectivity index (χ4n) is 6.39. The van der Waals surface area contributed by atoms with Crippen LogP contribution in [0, 0.1) is 0 Å². The maximum Gasteiger partial charge on any atom is 0.188 e. The fourth-order valence-corrected chi connectivity index (χ4v) is 6.39. The predicted octanol–water partition coefficient (Wildman–Crippen LogP) is 8.39. The molecule has 0 bridgehead atoms. The average Bonchev–Trinajstić information content (AvgIpc) is 3.95. The lowest BCUT2D eigenvalue weighted by Gasteiger charge is -2.46. The van der Waals surface area contributed by atoms with Gasteiger partial charge in [-0.1, -0.05) is 152 Å². The molecule has 2 fully saturated rings. The van der Waals surface area contributed by atoms with Crippen molar-refractivity contribution in [3.63, 3.8) is 0 Å². The first kappa shape index (κ1) is 33.4. The van der Waals surface area contributed by atoms with Crippen molar-refractivity contribution in [2.45, 2.75) is 75.6 Å². The minimum Gasteiger partial charge on any atom is -0.374 e. The summed E-state index contributed by atoms with van der Waals surface area (Å²) in [5.41, 5.74) is 4.97. The molecule has 1 aliphatic heterocycles. The van der Waals surface area contributed by atoms with Crippen molar-refractivity contribution in [1.29, 1.82) is 0 Å². The summed E-state index contributed by atoms with van der Waals surface area (Å²) >= 11 is 0. The molecule has 0 spiro atoms. The summed E-state index contributed by atoms with van der Waals surface area (Å²) in [6.07, 6.45) is -1.02. The highest BCUT2D eigenvalue weighted by molar-refractivity contribution is 5.28. The van der Waals surface area contributed by atoms with Gasteiger partial charge in [0.25, 0.3) is 0 Å². The third-order valence-electron chi connectivity index (χ3n) is 9.19. The second-order valence-corrected chi connectivity index (χ2v) is 12.8. The molecule has 1 saturated carbocycles. The molecule has 252 valence electrons. The van der Waals surface area contributed by atoms with Crippen LogP contribution in [-0.2, 0) is 60.4 Å². The van der Waals surface area contributed by atoms with E-state index in [4.69, 9.17) is 28.4 Å². The van der Waals surface area contributed by atoms with Crippen molar-refractivity contribution >= 4 is 0 Å². The van der Waals surface area contributed by atoms with Gasteiger partial charge in [0.2, 0.25) is 0 Å². The number of ether oxygens (including phenoxy) is 6. The van der Waals surface area contributed by atoms with Gasteiger partial charge in [-0.25, -0.2) is 0 Å². The van der Waals surface area contributed by atoms with Crippen LogP contribution in [0.1, 0.15) is 40.7 Å². The van der Waals surface area contributed by atoms with E-state index in [1.54, 1.807) is 0 Å².